The van der Waals surface area contributed by atoms with Crippen molar-refractivity contribution < 1.29 is 8.83 Å². The molecule has 0 aliphatic rings. The molecular formula is C42H27NO2. The molecule has 0 saturated heterocycles. The molecule has 3 nitrogen and oxygen atoms in total. The summed E-state index contributed by atoms with van der Waals surface area (Å²) < 4.78 is 12.9. The third-order valence-corrected chi connectivity index (χ3v) is 8.66. The van der Waals surface area contributed by atoms with Crippen molar-refractivity contribution in [1.82, 2.24) is 0 Å². The first-order valence-electron chi connectivity index (χ1n) is 15.2. The lowest BCUT2D eigenvalue weighted by molar-refractivity contribution is 0.664. The van der Waals surface area contributed by atoms with Crippen LogP contribution in [0.3, 0.4) is 0 Å². The molecule has 0 spiro atoms. The molecule has 0 bridgehead atoms. The van der Waals surface area contributed by atoms with Gasteiger partial charge in [-0.15, -0.1) is 0 Å². The van der Waals surface area contributed by atoms with Gasteiger partial charge in [0.05, 0.1) is 0 Å². The number of para-hydroxylation sites is 1. The van der Waals surface area contributed by atoms with Gasteiger partial charge >= 0.3 is 0 Å². The lowest BCUT2D eigenvalue weighted by Gasteiger charge is -2.25. The number of hydrogen-bond donors (Lipinski definition) is 0. The summed E-state index contributed by atoms with van der Waals surface area (Å²) in [5.74, 6) is 0. The van der Waals surface area contributed by atoms with Crippen molar-refractivity contribution in [3.63, 3.8) is 0 Å². The fraction of sp³-hybridized carbons (Fsp3) is 0. The number of anilines is 3. The zero-order valence-electron chi connectivity index (χ0n) is 24.4. The number of hydrogen-bond acceptors (Lipinski definition) is 3. The second-order valence-electron chi connectivity index (χ2n) is 11.4. The molecule has 212 valence electrons. The maximum Gasteiger partial charge on any atom is 0.136 e. The van der Waals surface area contributed by atoms with Crippen LogP contribution in [0, 0.1) is 0 Å². The lowest BCUT2D eigenvalue weighted by atomic mass is 10.0. The predicted molar refractivity (Wildman–Crippen MR) is 187 cm³/mol. The Morgan fingerprint density at radius 1 is 0.289 bits per heavy atom. The molecule has 3 heteroatoms. The van der Waals surface area contributed by atoms with Gasteiger partial charge in [0.2, 0.25) is 0 Å². The number of rotatable bonds is 5. The van der Waals surface area contributed by atoms with Crippen LogP contribution in [0.1, 0.15) is 0 Å². The zero-order valence-corrected chi connectivity index (χ0v) is 24.4. The minimum atomic E-state index is 0.850. The van der Waals surface area contributed by atoms with Crippen molar-refractivity contribution in [2.24, 2.45) is 0 Å². The number of nitrogens with zero attached hydrogens (tertiary/aromatic N) is 1. The molecule has 9 rings (SSSR count). The van der Waals surface area contributed by atoms with Crippen molar-refractivity contribution in [2.45, 2.75) is 0 Å². The summed E-state index contributed by atoms with van der Waals surface area (Å²) >= 11 is 0. The lowest BCUT2D eigenvalue weighted by Crippen LogP contribution is -2.09. The minimum Gasteiger partial charge on any atom is -0.456 e. The summed E-state index contributed by atoms with van der Waals surface area (Å²) in [7, 11) is 0. The molecule has 0 radical (unpaired) electrons. The average molecular weight is 578 g/mol. The molecule has 0 fully saturated rings. The second-order valence-corrected chi connectivity index (χ2v) is 11.4. The first-order valence-corrected chi connectivity index (χ1v) is 15.2. The fourth-order valence-corrected chi connectivity index (χ4v) is 6.44. The van der Waals surface area contributed by atoms with Crippen LogP contribution >= 0.6 is 0 Å². The van der Waals surface area contributed by atoms with E-state index in [1.807, 2.05) is 18.2 Å². The predicted octanol–water partition coefficient (Wildman–Crippen LogP) is 12.3. The normalized spacial score (nSPS) is 11.6. The molecule has 0 saturated carbocycles. The van der Waals surface area contributed by atoms with E-state index in [1.165, 1.54) is 16.7 Å². The summed E-state index contributed by atoms with van der Waals surface area (Å²) in [6.45, 7) is 0. The van der Waals surface area contributed by atoms with Gasteiger partial charge in [-0.1, -0.05) is 97.1 Å². The number of benzene rings is 7. The maximum absolute atomic E-state index is 6.45. The van der Waals surface area contributed by atoms with Crippen molar-refractivity contribution in [1.29, 1.82) is 0 Å². The van der Waals surface area contributed by atoms with Gasteiger partial charge in [-0.05, 0) is 89.0 Å². The highest BCUT2D eigenvalue weighted by Gasteiger charge is 2.18. The first-order chi connectivity index (χ1) is 22.3. The smallest absolute Gasteiger partial charge is 0.136 e. The van der Waals surface area contributed by atoms with Gasteiger partial charge in [-0.2, -0.15) is 0 Å². The molecule has 45 heavy (non-hydrogen) atoms. The Balaban J connectivity index is 1.17. The quantitative estimate of drug-likeness (QED) is 0.204. The van der Waals surface area contributed by atoms with Gasteiger partial charge in [-0.3, -0.25) is 0 Å². The fourth-order valence-electron chi connectivity index (χ4n) is 6.44. The van der Waals surface area contributed by atoms with Crippen LogP contribution in [0.4, 0.5) is 17.1 Å². The number of furan rings is 2. The van der Waals surface area contributed by atoms with E-state index in [1.54, 1.807) is 0 Å². The standard InChI is InChI=1S/C42H27NO2/c1-4-10-28(11-5-1)30-16-19-33(20-17-30)43(32-14-8-3-9-15-32)34-21-23-39-36(25-34)38-27-41-37(26-42(38)44-39)35-22-18-31(24-40(35)45-41)29-12-6-2-7-13-29/h1-27H. The zero-order chi connectivity index (χ0) is 29.7. The third kappa shape index (κ3) is 4.37. The summed E-state index contributed by atoms with van der Waals surface area (Å²) in [4.78, 5) is 2.29. The third-order valence-electron chi connectivity index (χ3n) is 8.66. The van der Waals surface area contributed by atoms with Crippen LogP contribution in [0.2, 0.25) is 0 Å². The van der Waals surface area contributed by atoms with Crippen LogP contribution in [0.25, 0.3) is 66.1 Å². The molecule has 0 amide bonds. The average Bonchev–Trinajstić information content (AvgIpc) is 3.65. The maximum atomic E-state index is 6.45. The van der Waals surface area contributed by atoms with Crippen LogP contribution < -0.4 is 4.90 Å². The van der Waals surface area contributed by atoms with Crippen molar-refractivity contribution >= 4 is 60.9 Å². The summed E-state index contributed by atoms with van der Waals surface area (Å²) in [6.07, 6.45) is 0. The van der Waals surface area contributed by atoms with E-state index >= 15 is 0 Å². The molecule has 0 aliphatic carbocycles. The highest BCUT2D eigenvalue weighted by Crippen LogP contribution is 2.41. The van der Waals surface area contributed by atoms with Gasteiger partial charge in [-0.25, -0.2) is 0 Å². The molecule has 2 aromatic heterocycles. The van der Waals surface area contributed by atoms with Crippen molar-refractivity contribution in [2.75, 3.05) is 4.90 Å². The minimum absolute atomic E-state index is 0.850. The first kappa shape index (κ1) is 25.4. The van der Waals surface area contributed by atoms with Gasteiger partial charge in [0.15, 0.2) is 0 Å². The van der Waals surface area contributed by atoms with E-state index in [4.69, 9.17) is 8.83 Å². The Morgan fingerprint density at radius 3 is 1.44 bits per heavy atom. The molecule has 0 atom stereocenters. The van der Waals surface area contributed by atoms with Crippen molar-refractivity contribution in [3.8, 4) is 22.3 Å². The van der Waals surface area contributed by atoms with E-state index in [-0.39, 0.29) is 0 Å². The summed E-state index contributed by atoms with van der Waals surface area (Å²) in [6, 6.07) is 57.2. The Bertz CT molecular complexity index is 2460. The van der Waals surface area contributed by atoms with Crippen molar-refractivity contribution in [3.05, 3.63) is 164 Å². The van der Waals surface area contributed by atoms with E-state index in [9.17, 15) is 0 Å². The molecule has 9 aromatic rings. The summed E-state index contributed by atoms with van der Waals surface area (Å²) in [5.41, 5.74) is 11.4. The van der Waals surface area contributed by atoms with Gasteiger partial charge in [0.1, 0.15) is 22.3 Å². The van der Waals surface area contributed by atoms with Gasteiger partial charge in [0, 0.05) is 38.6 Å². The topological polar surface area (TPSA) is 29.5 Å². The SMILES string of the molecule is c1ccc(-c2ccc(N(c3ccccc3)c3ccc4oc5cc6c(cc5c4c3)oc3cc(-c4ccccc4)ccc36)cc2)cc1. The van der Waals surface area contributed by atoms with Crippen LogP contribution in [0.5, 0.6) is 0 Å². The number of fused-ring (bicyclic) bond motifs is 6. The monoisotopic (exact) mass is 577 g/mol. The van der Waals surface area contributed by atoms with E-state index in [2.05, 4.69) is 150 Å². The van der Waals surface area contributed by atoms with Gasteiger partial charge in [0.25, 0.3) is 0 Å². The Morgan fingerprint density at radius 2 is 0.756 bits per heavy atom. The van der Waals surface area contributed by atoms with E-state index < -0.39 is 0 Å². The highest BCUT2D eigenvalue weighted by molar-refractivity contribution is 6.15. The largest absolute Gasteiger partial charge is 0.456 e. The Kier molecular flexibility index (Phi) is 5.82. The van der Waals surface area contributed by atoms with Gasteiger partial charge < -0.3 is 13.7 Å². The molecular weight excluding hydrogens is 550 g/mol. The Labute approximate surface area is 260 Å². The summed E-state index contributed by atoms with van der Waals surface area (Å²) in [5, 5.41) is 4.23. The molecule has 2 heterocycles. The molecule has 7 aromatic carbocycles. The molecule has 0 N–H and O–H groups in total. The van der Waals surface area contributed by atoms with E-state index in [0.717, 1.165) is 66.5 Å². The molecule has 0 unspecified atom stereocenters. The van der Waals surface area contributed by atoms with Crippen LogP contribution in [0.15, 0.2) is 173 Å². The second kappa shape index (κ2) is 10.3. The highest BCUT2D eigenvalue weighted by atomic mass is 16.3. The van der Waals surface area contributed by atoms with Crippen LogP contribution in [-0.4, -0.2) is 0 Å². The van der Waals surface area contributed by atoms with Crippen LogP contribution in [-0.2, 0) is 0 Å². The molecule has 0 aliphatic heterocycles. The van der Waals surface area contributed by atoms with E-state index in [0.29, 0.717) is 0 Å². The Hall–Kier alpha value is -6.06.